The topological polar surface area (TPSA) is 17.8 Å². The molecule has 0 amide bonds. The Morgan fingerprint density at radius 2 is 1.55 bits per heavy atom. The Hall–Kier alpha value is -3.13. The molecule has 3 aromatic carbocycles. The van der Waals surface area contributed by atoms with Crippen LogP contribution in [0, 0.1) is 0 Å². The van der Waals surface area contributed by atoms with Crippen LogP contribution in [-0.4, -0.2) is 9.55 Å². The summed E-state index contributed by atoms with van der Waals surface area (Å²) in [5, 5.41) is 0. The number of nitrogens with zero attached hydrogens (tertiary/aromatic N) is 2. The van der Waals surface area contributed by atoms with Crippen LogP contribution in [0.3, 0.4) is 0 Å². The van der Waals surface area contributed by atoms with Crippen LogP contribution >= 0.6 is 0 Å². The Morgan fingerprint density at radius 1 is 0.828 bits per heavy atom. The van der Waals surface area contributed by atoms with Gasteiger partial charge in [0.1, 0.15) is 5.82 Å². The van der Waals surface area contributed by atoms with E-state index in [1.54, 1.807) is 0 Å². The first-order valence-electron chi connectivity index (χ1n) is 10.4. The molecule has 2 heteroatoms. The zero-order valence-electron chi connectivity index (χ0n) is 17.5. The SMILES string of the molecule is CC(C)c1ccc2c(c1-n1ccnc1-c1ccccc1)C(C)(C)c1ccccc1-2. The van der Waals surface area contributed by atoms with Crippen LogP contribution in [0.25, 0.3) is 28.2 Å². The zero-order chi connectivity index (χ0) is 20.2. The molecule has 1 aliphatic rings. The van der Waals surface area contributed by atoms with Crippen molar-refractivity contribution in [1.82, 2.24) is 9.55 Å². The van der Waals surface area contributed by atoms with Crippen molar-refractivity contribution in [3.8, 4) is 28.2 Å². The molecule has 0 saturated carbocycles. The Bertz CT molecular complexity index is 1200. The summed E-state index contributed by atoms with van der Waals surface area (Å²) in [6, 6.07) is 23.9. The molecule has 0 aliphatic heterocycles. The van der Waals surface area contributed by atoms with Crippen molar-refractivity contribution in [3.63, 3.8) is 0 Å². The van der Waals surface area contributed by atoms with E-state index in [0.29, 0.717) is 5.92 Å². The van der Waals surface area contributed by atoms with Gasteiger partial charge in [-0.3, -0.25) is 4.57 Å². The largest absolute Gasteiger partial charge is 0.299 e. The molecule has 4 aromatic rings. The summed E-state index contributed by atoms with van der Waals surface area (Å²) in [4.78, 5) is 4.75. The van der Waals surface area contributed by atoms with Crippen LogP contribution < -0.4 is 0 Å². The summed E-state index contributed by atoms with van der Waals surface area (Å²) in [5.41, 5.74) is 9.22. The highest BCUT2D eigenvalue weighted by atomic mass is 15.1. The van der Waals surface area contributed by atoms with E-state index in [9.17, 15) is 0 Å². The smallest absolute Gasteiger partial charge is 0.144 e. The average molecular weight is 379 g/mol. The van der Waals surface area contributed by atoms with Gasteiger partial charge >= 0.3 is 0 Å². The van der Waals surface area contributed by atoms with E-state index in [4.69, 9.17) is 4.98 Å². The summed E-state index contributed by atoms with van der Waals surface area (Å²) in [6.45, 7) is 9.26. The van der Waals surface area contributed by atoms with Gasteiger partial charge in [0.05, 0.1) is 5.69 Å². The van der Waals surface area contributed by atoms with E-state index >= 15 is 0 Å². The van der Waals surface area contributed by atoms with Crippen LogP contribution in [0.1, 0.15) is 50.3 Å². The van der Waals surface area contributed by atoms with Crippen LogP contribution in [0.4, 0.5) is 0 Å². The van der Waals surface area contributed by atoms with Gasteiger partial charge in [-0.15, -0.1) is 0 Å². The highest BCUT2D eigenvalue weighted by Crippen LogP contribution is 2.52. The average Bonchev–Trinajstić information content (AvgIpc) is 3.30. The minimum absolute atomic E-state index is 0.0651. The lowest BCUT2D eigenvalue weighted by Gasteiger charge is -2.28. The molecule has 0 unspecified atom stereocenters. The molecule has 0 bridgehead atoms. The molecule has 0 fully saturated rings. The predicted molar refractivity (Wildman–Crippen MR) is 121 cm³/mol. The third kappa shape index (κ3) is 2.59. The van der Waals surface area contributed by atoms with E-state index in [1.807, 2.05) is 6.20 Å². The summed E-state index contributed by atoms with van der Waals surface area (Å²) in [6.07, 6.45) is 4.03. The van der Waals surface area contributed by atoms with Crippen molar-refractivity contribution in [3.05, 3.63) is 95.8 Å². The Labute approximate surface area is 172 Å². The molecule has 1 heterocycles. The summed E-state index contributed by atoms with van der Waals surface area (Å²) >= 11 is 0. The molecule has 1 aromatic heterocycles. The second kappa shape index (κ2) is 6.45. The molecule has 29 heavy (non-hydrogen) atoms. The van der Waals surface area contributed by atoms with E-state index in [-0.39, 0.29) is 5.41 Å². The highest BCUT2D eigenvalue weighted by molar-refractivity contribution is 5.85. The van der Waals surface area contributed by atoms with Crippen molar-refractivity contribution in [2.24, 2.45) is 0 Å². The maximum absolute atomic E-state index is 4.75. The van der Waals surface area contributed by atoms with E-state index in [0.717, 1.165) is 11.4 Å². The number of rotatable bonds is 3. The Morgan fingerprint density at radius 3 is 2.31 bits per heavy atom. The molecule has 0 N–H and O–H groups in total. The van der Waals surface area contributed by atoms with E-state index in [1.165, 1.54) is 33.5 Å². The monoisotopic (exact) mass is 378 g/mol. The van der Waals surface area contributed by atoms with Crippen LogP contribution in [0.15, 0.2) is 79.1 Å². The van der Waals surface area contributed by atoms with E-state index < -0.39 is 0 Å². The normalized spacial score (nSPS) is 14.1. The summed E-state index contributed by atoms with van der Waals surface area (Å²) in [7, 11) is 0. The molecule has 0 radical (unpaired) electrons. The maximum Gasteiger partial charge on any atom is 0.144 e. The lowest BCUT2D eigenvalue weighted by atomic mass is 9.79. The van der Waals surface area contributed by atoms with Gasteiger partial charge in [0.15, 0.2) is 0 Å². The van der Waals surface area contributed by atoms with Gasteiger partial charge in [0.25, 0.3) is 0 Å². The number of hydrogen-bond acceptors (Lipinski definition) is 1. The van der Waals surface area contributed by atoms with E-state index in [2.05, 4.69) is 105 Å². The lowest BCUT2D eigenvalue weighted by molar-refractivity contribution is 0.651. The Kier molecular flexibility index (Phi) is 3.99. The number of imidazole rings is 1. The van der Waals surface area contributed by atoms with Crippen molar-refractivity contribution in [1.29, 1.82) is 0 Å². The number of aromatic nitrogens is 2. The van der Waals surface area contributed by atoms with Crippen molar-refractivity contribution >= 4 is 0 Å². The van der Waals surface area contributed by atoms with Gasteiger partial charge in [-0.1, -0.05) is 94.4 Å². The lowest BCUT2D eigenvalue weighted by Crippen LogP contribution is -2.19. The summed E-state index contributed by atoms with van der Waals surface area (Å²) < 4.78 is 2.30. The second-order valence-corrected chi connectivity index (χ2v) is 8.74. The maximum atomic E-state index is 4.75. The molecule has 5 rings (SSSR count). The first kappa shape index (κ1) is 17.9. The van der Waals surface area contributed by atoms with Crippen LogP contribution in [0.5, 0.6) is 0 Å². The number of benzene rings is 3. The van der Waals surface area contributed by atoms with Crippen LogP contribution in [-0.2, 0) is 5.41 Å². The number of fused-ring (bicyclic) bond motifs is 3. The zero-order valence-corrected chi connectivity index (χ0v) is 17.5. The fourth-order valence-electron chi connectivity index (χ4n) is 4.87. The standard InChI is InChI=1S/C27H26N2/c1-18(2)20-14-15-22-21-12-8-9-13-23(21)27(3,4)24(22)25(20)29-17-16-28-26(29)19-10-6-5-7-11-19/h5-18H,1-4H3. The second-order valence-electron chi connectivity index (χ2n) is 8.74. The predicted octanol–water partition coefficient (Wildman–Crippen LogP) is 6.97. The van der Waals surface area contributed by atoms with Gasteiger partial charge in [-0.2, -0.15) is 0 Å². The van der Waals surface area contributed by atoms with Crippen molar-refractivity contribution in [2.45, 2.75) is 39.0 Å². The molecule has 1 aliphatic carbocycles. The van der Waals surface area contributed by atoms with Gasteiger partial charge < -0.3 is 0 Å². The molecule has 2 nitrogen and oxygen atoms in total. The third-order valence-electron chi connectivity index (χ3n) is 6.26. The minimum Gasteiger partial charge on any atom is -0.299 e. The first-order chi connectivity index (χ1) is 14.0. The van der Waals surface area contributed by atoms with Crippen LogP contribution in [0.2, 0.25) is 0 Å². The van der Waals surface area contributed by atoms with Crippen molar-refractivity contribution in [2.75, 3.05) is 0 Å². The molecule has 0 saturated heterocycles. The highest BCUT2D eigenvalue weighted by Gasteiger charge is 2.39. The third-order valence-corrected chi connectivity index (χ3v) is 6.26. The number of hydrogen-bond donors (Lipinski definition) is 0. The molecule has 0 spiro atoms. The van der Waals surface area contributed by atoms with Gasteiger partial charge in [0, 0.05) is 23.4 Å². The minimum atomic E-state index is -0.0651. The fraction of sp³-hybridized carbons (Fsp3) is 0.222. The molecule has 0 atom stereocenters. The van der Waals surface area contributed by atoms with Crippen molar-refractivity contribution < 1.29 is 0 Å². The Balaban J connectivity index is 1.86. The van der Waals surface area contributed by atoms with Gasteiger partial charge in [-0.25, -0.2) is 4.98 Å². The fourth-order valence-corrected chi connectivity index (χ4v) is 4.87. The first-order valence-corrected chi connectivity index (χ1v) is 10.4. The quantitative estimate of drug-likeness (QED) is 0.376. The van der Waals surface area contributed by atoms with Gasteiger partial charge in [0.2, 0.25) is 0 Å². The van der Waals surface area contributed by atoms with Gasteiger partial charge in [-0.05, 0) is 33.7 Å². The molecule has 144 valence electrons. The molecular weight excluding hydrogens is 352 g/mol. The molecular formula is C27H26N2. The summed E-state index contributed by atoms with van der Waals surface area (Å²) in [5.74, 6) is 1.41.